The molecular formula is C92H173FN14O31. The number of carbonyl (C=O) groups is 16. The largest absolute Gasteiger partial charge is 0.481 e. The molecule has 0 spiro atoms. The molecule has 138 heavy (non-hydrogen) atoms. The van der Waals surface area contributed by atoms with Crippen LogP contribution in [-0.4, -0.2) is 356 Å². The van der Waals surface area contributed by atoms with Gasteiger partial charge in [-0.1, -0.05) is 109 Å². The lowest BCUT2D eigenvalue weighted by Gasteiger charge is -2.23. The van der Waals surface area contributed by atoms with E-state index < -0.39 is 24.1 Å². The molecule has 14 amide bonds. The molecule has 0 aromatic heterocycles. The zero-order valence-corrected chi connectivity index (χ0v) is 82.2. The molecule has 46 heteroatoms. The second-order valence-corrected chi connectivity index (χ2v) is 30.9. The highest BCUT2D eigenvalue weighted by molar-refractivity contribution is 5.82. The Balaban J connectivity index is -0.000000663. The van der Waals surface area contributed by atoms with Crippen LogP contribution in [0.25, 0.3) is 0 Å². The summed E-state index contributed by atoms with van der Waals surface area (Å²) in [7, 11) is 0. The molecule has 0 aliphatic rings. The predicted octanol–water partition coefficient (Wildman–Crippen LogP) is 10.0. The van der Waals surface area contributed by atoms with Gasteiger partial charge in [0.15, 0.2) is 0 Å². The lowest BCUT2D eigenvalue weighted by molar-refractivity contribution is -0.205. The fraction of sp³-hybridized carbons (Fsp3) is 0.783. The average molecular weight is 1990 g/mol. The number of halogens is 1. The Morgan fingerprint density at radius 1 is 0.232 bits per heavy atom. The number of ether oxygens (including phenoxy) is 9. The van der Waals surface area contributed by atoms with Crippen molar-refractivity contribution in [3.63, 3.8) is 0 Å². The van der Waals surface area contributed by atoms with E-state index in [0.717, 1.165) is 51.4 Å². The number of unbranched alkanes of at least 4 members (excludes halogenated alkanes) is 8. The van der Waals surface area contributed by atoms with Crippen molar-refractivity contribution >= 4 is 95.8 Å². The van der Waals surface area contributed by atoms with Crippen LogP contribution in [0.3, 0.4) is 0 Å². The first-order valence-electron chi connectivity index (χ1n) is 47.7. The quantitative estimate of drug-likeness (QED) is 0.00885. The molecule has 0 radical (unpaired) electrons. The van der Waals surface area contributed by atoms with Gasteiger partial charge in [-0.15, -0.1) is 0 Å². The molecule has 0 aromatic rings. The molecule has 0 rings (SSSR count). The first kappa shape index (κ1) is 138. The molecule has 0 saturated heterocycles. The third kappa shape index (κ3) is 86.7. The Morgan fingerprint density at radius 3 is 0.587 bits per heavy atom. The summed E-state index contributed by atoms with van der Waals surface area (Å²) in [5.41, 5.74) is 0. The molecule has 0 fully saturated rings. The molecule has 804 valence electrons. The van der Waals surface area contributed by atoms with Crippen molar-refractivity contribution in [2.45, 2.75) is 263 Å². The van der Waals surface area contributed by atoms with E-state index in [4.69, 9.17) is 63.4 Å². The van der Waals surface area contributed by atoms with Crippen LogP contribution in [0.4, 0.5) is 33.5 Å². The van der Waals surface area contributed by atoms with Gasteiger partial charge >= 0.3 is 48.5 Å². The number of nitrogens with zero attached hydrogens (tertiary/aromatic N) is 6. The Kier molecular flexibility index (Phi) is 97.6. The normalized spacial score (nSPS) is 10.2. The number of hydrogen-bond donors (Lipinski definition) is 12. The first-order chi connectivity index (χ1) is 64.9. The predicted molar refractivity (Wildman–Crippen MR) is 515 cm³/mol. The van der Waals surface area contributed by atoms with E-state index in [2.05, 4.69) is 65.5 Å². The number of carboxylic acids is 2. The number of amides is 14. The third-order valence-electron chi connectivity index (χ3n) is 18.7. The highest BCUT2D eigenvalue weighted by atomic mass is 19.0. The lowest BCUT2D eigenvalue weighted by Crippen LogP contribution is -2.43. The van der Waals surface area contributed by atoms with E-state index >= 15 is 0 Å². The van der Waals surface area contributed by atoms with Gasteiger partial charge in [-0.25, -0.2) is 39.3 Å². The molecule has 0 aromatic carbocycles. The van der Waals surface area contributed by atoms with Crippen LogP contribution in [0, 0.1) is 0 Å². The molecule has 0 saturated carbocycles. The van der Waals surface area contributed by atoms with Crippen LogP contribution in [0.1, 0.15) is 263 Å². The van der Waals surface area contributed by atoms with Gasteiger partial charge in [0.25, 0.3) is 0 Å². The van der Waals surface area contributed by atoms with Crippen molar-refractivity contribution < 1.29 is 155 Å². The van der Waals surface area contributed by atoms with Gasteiger partial charge in [0.1, 0.15) is 51.2 Å². The van der Waals surface area contributed by atoms with Crippen LogP contribution < -0.4 is 42.5 Å². The Hall–Kier alpha value is -10.9. The van der Waals surface area contributed by atoms with Gasteiger partial charge in [-0.2, -0.15) is 0 Å². The molecule has 45 nitrogen and oxygen atoms in total. The van der Waals surface area contributed by atoms with Crippen molar-refractivity contribution in [2.24, 2.45) is 0 Å². The number of rotatable bonds is 82. The van der Waals surface area contributed by atoms with E-state index in [0.29, 0.717) is 182 Å². The second-order valence-electron chi connectivity index (χ2n) is 30.9. The smallest absolute Gasteiger partial charge is 0.409 e. The lowest BCUT2D eigenvalue weighted by atomic mass is 10.2. The minimum absolute atomic E-state index is 0. The zero-order chi connectivity index (χ0) is 101. The van der Waals surface area contributed by atoms with Gasteiger partial charge in [0.2, 0.25) is 47.3 Å². The maximum absolute atomic E-state index is 13.2. The van der Waals surface area contributed by atoms with Crippen molar-refractivity contribution in [1.82, 2.24) is 71.9 Å². The molecule has 0 aliphatic carbocycles. The van der Waals surface area contributed by atoms with E-state index in [1.165, 1.54) is 9.80 Å². The Bertz CT molecular complexity index is 3010. The standard InChI is InChI=1S/C54H92N10O21.2C18H36N2O5.2CH4.FH/c1-41(84-79)39-49(71)57-25-13-5-9-17-45(67)61-29-33-64(34-30-62-46(68)18-10-6-14-26-58-50(72)40-42(2)85-80)54(78)83-38-36-81-35-37-82-53(77)63(31-27-59-43(65)15-7-3-11-23-55-47(69)19-21-51(73)74)32-28-60-44(66)16-8-4-12-24-56-48(70)20-22-52(75)76;2*1-5-9-19(10-6-2)17(21)24-15-13-23-14-16-25-18(22)20(11-7-3)12-8-4;;;/h79-80H,1-40H2,(H,55,69)(H,56,70)(H,57,71)(H,58,72)(H,59,65)(H,60,66)(H,61,67)(H,62,68)(H,73,74)(H,75,76);2*5-16H2,1-4H3;2*1H4;1H. The number of hydrogen-bond acceptors (Lipinski definition) is 29. The number of nitrogens with one attached hydrogen (secondary N) is 8. The topological polar surface area (TPSA) is 571 Å². The van der Waals surface area contributed by atoms with Gasteiger partial charge in [0.05, 0.1) is 65.3 Å². The summed E-state index contributed by atoms with van der Waals surface area (Å²) >= 11 is 0. The van der Waals surface area contributed by atoms with E-state index in [9.17, 15) is 76.7 Å². The average Bonchev–Trinajstić information content (AvgIpc) is 0.941. The molecule has 12 N–H and O–H groups in total. The van der Waals surface area contributed by atoms with Gasteiger partial charge in [-0.3, -0.25) is 52.6 Å². The maximum atomic E-state index is 13.2. The number of aliphatic carboxylic acids is 2. The summed E-state index contributed by atoms with van der Waals surface area (Å²) in [4.78, 5) is 210. The summed E-state index contributed by atoms with van der Waals surface area (Å²) in [6.07, 6.45) is 11.1. The van der Waals surface area contributed by atoms with Crippen molar-refractivity contribution in [2.75, 3.05) is 210 Å². The Labute approximate surface area is 816 Å². The molecule has 0 unspecified atom stereocenters. The van der Waals surface area contributed by atoms with Crippen molar-refractivity contribution in [3.8, 4) is 0 Å². The highest BCUT2D eigenvalue weighted by Gasteiger charge is 2.22. The molecular weight excluding hydrogens is 1820 g/mol. The van der Waals surface area contributed by atoms with Crippen LogP contribution in [0.5, 0.6) is 0 Å². The fourth-order valence-corrected chi connectivity index (χ4v) is 12.0. The second kappa shape index (κ2) is 97.8. The number of carbonyl (C=O) groups excluding carboxylic acids is 14. The van der Waals surface area contributed by atoms with Gasteiger partial charge in [-0.05, 0) is 103 Å². The van der Waals surface area contributed by atoms with E-state index in [1.807, 2.05) is 55.4 Å². The summed E-state index contributed by atoms with van der Waals surface area (Å²) in [5.74, 6) is -4.88. The van der Waals surface area contributed by atoms with Crippen molar-refractivity contribution in [3.05, 3.63) is 24.7 Å². The van der Waals surface area contributed by atoms with Crippen LogP contribution >= 0.6 is 0 Å². The van der Waals surface area contributed by atoms with Crippen LogP contribution in [-0.2, 0) is 100 Å². The van der Waals surface area contributed by atoms with Crippen molar-refractivity contribution in [1.29, 1.82) is 0 Å². The SMILES string of the molecule is C.C.C=C(CC(=O)NCCCCCC(=O)NCCN(CCNC(=O)CCCCCNC(=O)CC(=C)OO)C(=O)OCCOCCOC(=O)N(CCNC(=O)CCCCCNC(=O)CCC(=O)O)CCNC(=O)CCCCCNC(=O)CCC(=O)O)OO.CCCN(CCC)C(=O)OCCOCCOC(=O)N(CCC)CCC.CCCN(CCC)C(=O)OCCOCCOC(=O)N(CCC)CCC.F. The summed E-state index contributed by atoms with van der Waals surface area (Å²) in [5, 5.41) is 56.1. The first-order valence-corrected chi connectivity index (χ1v) is 47.7. The molecule has 0 aliphatic heterocycles. The van der Waals surface area contributed by atoms with E-state index in [-0.39, 0.29) is 272 Å². The summed E-state index contributed by atoms with van der Waals surface area (Å²) in [6.45, 7) is 31.7. The monoisotopic (exact) mass is 1990 g/mol. The minimum Gasteiger partial charge on any atom is -0.481 e. The van der Waals surface area contributed by atoms with Gasteiger partial charge in [0, 0.05) is 169 Å². The Morgan fingerprint density at radius 2 is 0.406 bits per heavy atom. The molecule has 0 atom stereocenters. The molecule has 0 heterocycles. The minimum atomic E-state index is -1.07. The fourth-order valence-electron chi connectivity index (χ4n) is 12.0. The van der Waals surface area contributed by atoms with E-state index in [1.54, 1.807) is 19.6 Å². The summed E-state index contributed by atoms with van der Waals surface area (Å²) < 4.78 is 47.8. The van der Waals surface area contributed by atoms with Gasteiger partial charge < -0.3 is 135 Å². The zero-order valence-electron chi connectivity index (χ0n) is 82.2. The highest BCUT2D eigenvalue weighted by Crippen LogP contribution is 2.10. The maximum Gasteiger partial charge on any atom is 0.409 e. The van der Waals surface area contributed by atoms with Crippen LogP contribution in [0.15, 0.2) is 24.7 Å². The number of carboxylic acid groups (broad SMARTS) is 2. The molecule has 0 bridgehead atoms. The van der Waals surface area contributed by atoms with Crippen LogP contribution in [0.2, 0.25) is 0 Å². The summed E-state index contributed by atoms with van der Waals surface area (Å²) in [6, 6.07) is 0. The third-order valence-corrected chi connectivity index (χ3v) is 18.7.